The predicted molar refractivity (Wildman–Crippen MR) is 80.7 cm³/mol. The highest BCUT2D eigenvalue weighted by Gasteiger charge is 2.26. The van der Waals surface area contributed by atoms with Gasteiger partial charge in [-0.3, -0.25) is 9.59 Å². The van der Waals surface area contributed by atoms with Gasteiger partial charge in [0.15, 0.2) is 0 Å². The summed E-state index contributed by atoms with van der Waals surface area (Å²) in [6, 6.07) is 5.65. The molecular weight excluding hydrogens is 254 g/mol. The lowest BCUT2D eigenvalue weighted by atomic mass is 9.92. The average molecular weight is 277 g/mol. The lowest BCUT2D eigenvalue weighted by molar-refractivity contribution is -0.125. The van der Waals surface area contributed by atoms with Crippen molar-refractivity contribution in [2.75, 3.05) is 18.4 Å². The van der Waals surface area contributed by atoms with E-state index in [1.807, 2.05) is 32.0 Å². The monoisotopic (exact) mass is 277 g/mol. The highest BCUT2D eigenvalue weighted by Crippen LogP contribution is 2.18. The maximum absolute atomic E-state index is 12.3. The van der Waals surface area contributed by atoms with E-state index in [4.69, 9.17) is 5.73 Å². The molecule has 0 aliphatic carbocycles. The van der Waals surface area contributed by atoms with Gasteiger partial charge in [-0.2, -0.15) is 0 Å². The Hall–Kier alpha value is -2.04. The van der Waals surface area contributed by atoms with E-state index in [9.17, 15) is 9.59 Å². The zero-order valence-corrected chi connectivity index (χ0v) is 12.5. The van der Waals surface area contributed by atoms with Gasteiger partial charge in [0, 0.05) is 18.8 Å². The van der Waals surface area contributed by atoms with Crippen molar-refractivity contribution in [3.05, 3.63) is 29.3 Å². The van der Waals surface area contributed by atoms with Gasteiger partial charge in [-0.1, -0.05) is 11.6 Å². The number of hydrogen-bond donors (Lipinski definition) is 3. The first-order chi connectivity index (χ1) is 9.27. The minimum atomic E-state index is -0.766. The summed E-state index contributed by atoms with van der Waals surface area (Å²) in [7, 11) is 0. The van der Waals surface area contributed by atoms with Gasteiger partial charge < -0.3 is 16.4 Å². The first kappa shape index (κ1) is 16.0. The number of nitrogens with two attached hydrogens (primary N) is 1. The zero-order chi connectivity index (χ0) is 15.3. The van der Waals surface area contributed by atoms with Gasteiger partial charge in [0.1, 0.15) is 0 Å². The smallest absolute Gasteiger partial charge is 0.253 e. The molecule has 0 aliphatic rings. The van der Waals surface area contributed by atoms with E-state index >= 15 is 0 Å². The quantitative estimate of drug-likeness (QED) is 0.739. The average Bonchev–Trinajstić information content (AvgIpc) is 2.38. The molecule has 20 heavy (non-hydrogen) atoms. The second-order valence-electron chi connectivity index (χ2n) is 5.51. The van der Waals surface area contributed by atoms with Crippen molar-refractivity contribution >= 4 is 17.5 Å². The molecule has 4 N–H and O–H groups in total. The minimum Gasteiger partial charge on any atom is -0.385 e. The summed E-state index contributed by atoms with van der Waals surface area (Å²) in [6.45, 7) is 8.25. The summed E-state index contributed by atoms with van der Waals surface area (Å²) in [5, 5.41) is 5.92. The van der Waals surface area contributed by atoms with Crippen LogP contribution in [0, 0.1) is 12.3 Å². The van der Waals surface area contributed by atoms with E-state index in [1.165, 1.54) is 0 Å². The van der Waals surface area contributed by atoms with E-state index in [-0.39, 0.29) is 12.5 Å². The highest BCUT2D eigenvalue weighted by molar-refractivity contribution is 6.00. The summed E-state index contributed by atoms with van der Waals surface area (Å²) < 4.78 is 0. The first-order valence-corrected chi connectivity index (χ1v) is 6.70. The molecule has 1 rings (SSSR count). The molecule has 2 amide bonds. The molecule has 0 atom stereocenters. The fraction of sp³-hybridized carbons (Fsp3) is 0.467. The summed E-state index contributed by atoms with van der Waals surface area (Å²) >= 11 is 0. The summed E-state index contributed by atoms with van der Waals surface area (Å²) in [4.78, 5) is 23.5. The largest absolute Gasteiger partial charge is 0.385 e. The van der Waals surface area contributed by atoms with Crippen molar-refractivity contribution in [3.8, 4) is 0 Å². The normalized spacial score (nSPS) is 11.0. The Morgan fingerprint density at radius 1 is 1.30 bits per heavy atom. The topological polar surface area (TPSA) is 84.2 Å². The molecular formula is C15H23N3O2. The van der Waals surface area contributed by atoms with Gasteiger partial charge in [-0.25, -0.2) is 0 Å². The fourth-order valence-electron chi connectivity index (χ4n) is 1.67. The molecule has 110 valence electrons. The molecule has 5 heteroatoms. The summed E-state index contributed by atoms with van der Waals surface area (Å²) in [5.74, 6) is -0.645. The fourth-order valence-corrected chi connectivity index (χ4v) is 1.67. The number of primary amides is 1. The van der Waals surface area contributed by atoms with Gasteiger partial charge in [-0.15, -0.1) is 0 Å². The molecule has 0 aliphatic heterocycles. The number of anilines is 1. The van der Waals surface area contributed by atoms with Gasteiger partial charge >= 0.3 is 0 Å². The van der Waals surface area contributed by atoms with Crippen LogP contribution in [0.2, 0.25) is 0 Å². The molecule has 0 aromatic heterocycles. The van der Waals surface area contributed by atoms with Gasteiger partial charge in [-0.05, 0) is 39.8 Å². The third-order valence-corrected chi connectivity index (χ3v) is 3.14. The van der Waals surface area contributed by atoms with Crippen LogP contribution < -0.4 is 16.4 Å². The van der Waals surface area contributed by atoms with Gasteiger partial charge in [0.2, 0.25) is 5.91 Å². The lowest BCUT2D eigenvalue weighted by Gasteiger charge is -2.21. The predicted octanol–water partition coefficient (Wildman–Crippen LogP) is 1.67. The number of hydrogen-bond acceptors (Lipinski definition) is 3. The molecule has 5 nitrogen and oxygen atoms in total. The van der Waals surface area contributed by atoms with Crippen LogP contribution in [0.25, 0.3) is 0 Å². The number of aryl methyl sites for hydroxylation is 1. The molecule has 0 spiro atoms. The second-order valence-corrected chi connectivity index (χ2v) is 5.51. The minimum absolute atomic E-state index is 0.209. The molecule has 1 aromatic carbocycles. The first-order valence-electron chi connectivity index (χ1n) is 6.70. The van der Waals surface area contributed by atoms with Crippen LogP contribution in [-0.4, -0.2) is 24.9 Å². The maximum atomic E-state index is 12.3. The van der Waals surface area contributed by atoms with Crippen LogP contribution in [-0.2, 0) is 4.79 Å². The van der Waals surface area contributed by atoms with E-state index in [0.717, 1.165) is 17.8 Å². The Balaban J connectivity index is 2.87. The molecule has 0 unspecified atom stereocenters. The molecule has 0 radical (unpaired) electrons. The van der Waals surface area contributed by atoms with Crippen LogP contribution in [0.3, 0.4) is 0 Å². The van der Waals surface area contributed by atoms with Gasteiger partial charge in [0.25, 0.3) is 5.91 Å². The van der Waals surface area contributed by atoms with Crippen molar-refractivity contribution in [3.63, 3.8) is 0 Å². The molecule has 1 aromatic rings. The van der Waals surface area contributed by atoms with E-state index in [0.29, 0.717) is 5.56 Å². The number of benzene rings is 1. The lowest BCUT2D eigenvalue weighted by Crippen LogP contribution is -2.42. The van der Waals surface area contributed by atoms with Crippen molar-refractivity contribution in [2.24, 2.45) is 11.1 Å². The van der Waals surface area contributed by atoms with E-state index < -0.39 is 11.3 Å². The molecule has 0 saturated heterocycles. The summed E-state index contributed by atoms with van der Waals surface area (Å²) in [6.07, 6.45) is 0. The van der Waals surface area contributed by atoms with E-state index in [1.54, 1.807) is 13.8 Å². The summed E-state index contributed by atoms with van der Waals surface area (Å²) in [5.41, 5.74) is 6.89. The Morgan fingerprint density at radius 3 is 2.50 bits per heavy atom. The molecule has 0 bridgehead atoms. The number of carbonyl (C=O) groups is 2. The number of amides is 2. The molecule has 0 saturated carbocycles. The Morgan fingerprint density at radius 2 is 1.95 bits per heavy atom. The third-order valence-electron chi connectivity index (χ3n) is 3.14. The van der Waals surface area contributed by atoms with Crippen molar-refractivity contribution in [1.82, 2.24) is 5.32 Å². The Bertz CT molecular complexity index is 510. The third kappa shape index (κ3) is 3.98. The number of carbonyl (C=O) groups excluding carboxylic acids is 2. The van der Waals surface area contributed by atoms with Crippen LogP contribution in [0.5, 0.6) is 0 Å². The van der Waals surface area contributed by atoms with Crippen molar-refractivity contribution in [1.29, 1.82) is 0 Å². The SMILES string of the molecule is CCNc1ccc(C)cc1C(=O)NCC(C)(C)C(N)=O. The van der Waals surface area contributed by atoms with Crippen LogP contribution >= 0.6 is 0 Å². The van der Waals surface area contributed by atoms with Gasteiger partial charge in [0.05, 0.1) is 11.0 Å². The number of nitrogens with one attached hydrogen (secondary N) is 2. The van der Waals surface area contributed by atoms with Crippen molar-refractivity contribution < 1.29 is 9.59 Å². The maximum Gasteiger partial charge on any atom is 0.253 e. The van der Waals surface area contributed by atoms with Crippen LogP contribution in [0.4, 0.5) is 5.69 Å². The second kappa shape index (κ2) is 6.41. The number of rotatable bonds is 6. The van der Waals surface area contributed by atoms with Crippen LogP contribution in [0.15, 0.2) is 18.2 Å². The Labute approximate surface area is 119 Å². The van der Waals surface area contributed by atoms with Crippen molar-refractivity contribution in [2.45, 2.75) is 27.7 Å². The zero-order valence-electron chi connectivity index (χ0n) is 12.5. The standard InChI is InChI=1S/C15H23N3O2/c1-5-17-12-7-6-10(2)8-11(12)13(19)18-9-15(3,4)14(16)20/h6-8,17H,5,9H2,1-4H3,(H2,16,20)(H,18,19). The molecule has 0 heterocycles. The molecule has 0 fully saturated rings. The Kier molecular flexibility index (Phi) is 5.13. The van der Waals surface area contributed by atoms with E-state index in [2.05, 4.69) is 10.6 Å². The highest BCUT2D eigenvalue weighted by atomic mass is 16.2. The van der Waals surface area contributed by atoms with Crippen LogP contribution in [0.1, 0.15) is 36.7 Å².